The maximum absolute atomic E-state index is 11.9. The molecule has 1 N–H and O–H groups in total. The van der Waals surface area contributed by atoms with Gasteiger partial charge in [-0.25, -0.2) is 4.98 Å². The zero-order chi connectivity index (χ0) is 12.1. The van der Waals surface area contributed by atoms with E-state index in [4.69, 9.17) is 4.74 Å². The van der Waals surface area contributed by atoms with Gasteiger partial charge in [0.2, 0.25) is 0 Å². The summed E-state index contributed by atoms with van der Waals surface area (Å²) >= 11 is 0. The lowest BCUT2D eigenvalue weighted by atomic mass is 10.5. The fraction of sp³-hybridized carbons (Fsp3) is 0.667. The molecule has 1 aromatic heterocycles. The minimum Gasteiger partial charge on any atom is -0.472 e. The molecule has 0 radical (unpaired) electrons. The second kappa shape index (κ2) is 5.82. The third kappa shape index (κ3) is 3.30. The number of aromatic nitrogens is 2. The second-order valence-electron chi connectivity index (χ2n) is 4.27. The highest BCUT2D eigenvalue weighted by Gasteiger charge is 2.25. The fourth-order valence-corrected chi connectivity index (χ4v) is 1.67. The van der Waals surface area contributed by atoms with Crippen molar-refractivity contribution in [3.05, 3.63) is 22.7 Å². The first-order valence-corrected chi connectivity index (χ1v) is 6.23. The summed E-state index contributed by atoms with van der Waals surface area (Å²) in [6.45, 7) is 4.31. The van der Waals surface area contributed by atoms with Crippen molar-refractivity contribution in [2.75, 3.05) is 19.7 Å². The first-order chi connectivity index (χ1) is 8.33. The Labute approximate surface area is 101 Å². The summed E-state index contributed by atoms with van der Waals surface area (Å²) < 4.78 is 7.12. The Hall–Kier alpha value is -1.36. The normalized spacial score (nSPS) is 14.9. The zero-order valence-corrected chi connectivity index (χ0v) is 10.2. The lowest BCUT2D eigenvalue weighted by Gasteiger charge is -2.07. The van der Waals surface area contributed by atoms with Crippen molar-refractivity contribution in [1.29, 1.82) is 0 Å². The molecule has 0 bridgehead atoms. The Kier molecular flexibility index (Phi) is 4.14. The van der Waals surface area contributed by atoms with Crippen LogP contribution in [-0.2, 0) is 0 Å². The van der Waals surface area contributed by atoms with E-state index in [0.29, 0.717) is 12.6 Å². The Morgan fingerprint density at radius 1 is 1.53 bits per heavy atom. The van der Waals surface area contributed by atoms with E-state index in [1.807, 2.05) is 0 Å². The molecule has 1 aromatic rings. The van der Waals surface area contributed by atoms with E-state index in [1.165, 1.54) is 0 Å². The van der Waals surface area contributed by atoms with Crippen molar-refractivity contribution >= 4 is 0 Å². The number of nitrogens with zero attached hydrogens (tertiary/aromatic N) is 2. The van der Waals surface area contributed by atoms with Crippen LogP contribution in [0.1, 0.15) is 32.2 Å². The average molecular weight is 237 g/mol. The molecule has 1 heterocycles. The van der Waals surface area contributed by atoms with Crippen molar-refractivity contribution in [3.63, 3.8) is 0 Å². The summed E-state index contributed by atoms with van der Waals surface area (Å²) in [5.74, 6) is 0.220. The van der Waals surface area contributed by atoms with Gasteiger partial charge >= 0.3 is 5.56 Å². The third-order valence-corrected chi connectivity index (χ3v) is 2.72. The van der Waals surface area contributed by atoms with E-state index in [-0.39, 0.29) is 11.4 Å². The molecule has 0 aliphatic heterocycles. The molecule has 0 saturated heterocycles. The summed E-state index contributed by atoms with van der Waals surface area (Å²) in [4.78, 5) is 15.9. The van der Waals surface area contributed by atoms with Gasteiger partial charge in [-0.1, -0.05) is 6.92 Å². The van der Waals surface area contributed by atoms with Crippen molar-refractivity contribution < 1.29 is 4.74 Å². The summed E-state index contributed by atoms with van der Waals surface area (Å²) in [6, 6.07) is 0.367. The van der Waals surface area contributed by atoms with E-state index in [0.717, 1.165) is 32.4 Å². The summed E-state index contributed by atoms with van der Waals surface area (Å²) in [7, 11) is 0. The van der Waals surface area contributed by atoms with Crippen LogP contribution in [0.5, 0.6) is 5.88 Å². The molecule has 0 spiro atoms. The van der Waals surface area contributed by atoms with Gasteiger partial charge < -0.3 is 14.6 Å². The molecule has 1 aliphatic rings. The van der Waals surface area contributed by atoms with E-state index in [9.17, 15) is 4.79 Å². The van der Waals surface area contributed by atoms with Crippen molar-refractivity contribution in [1.82, 2.24) is 14.9 Å². The molecular weight excluding hydrogens is 218 g/mol. The van der Waals surface area contributed by atoms with Crippen molar-refractivity contribution in [3.8, 4) is 5.88 Å². The number of hydrogen-bond donors (Lipinski definition) is 1. The first-order valence-electron chi connectivity index (χ1n) is 6.23. The fourth-order valence-electron chi connectivity index (χ4n) is 1.67. The minimum absolute atomic E-state index is 0.106. The number of nitrogens with one attached hydrogen (secondary N) is 1. The SMILES string of the molecule is CCCNCCOc1nccn(C2CC2)c1=O. The van der Waals surface area contributed by atoms with Gasteiger partial charge in [0.15, 0.2) is 0 Å². The maximum Gasteiger partial charge on any atom is 0.313 e. The van der Waals surface area contributed by atoms with Gasteiger partial charge in [-0.3, -0.25) is 4.79 Å². The van der Waals surface area contributed by atoms with Crippen LogP contribution in [-0.4, -0.2) is 29.2 Å². The molecular formula is C12H19N3O2. The van der Waals surface area contributed by atoms with Gasteiger partial charge in [0, 0.05) is 25.0 Å². The van der Waals surface area contributed by atoms with Gasteiger partial charge in [0.25, 0.3) is 5.88 Å². The van der Waals surface area contributed by atoms with Crippen LogP contribution in [0.25, 0.3) is 0 Å². The standard InChI is InChI=1S/C12H19N3O2/c1-2-5-13-7-9-17-11-12(16)15(8-6-14-11)10-3-4-10/h6,8,10,13H,2-5,7,9H2,1H3. The highest BCUT2D eigenvalue weighted by Crippen LogP contribution is 2.33. The zero-order valence-electron chi connectivity index (χ0n) is 10.2. The van der Waals surface area contributed by atoms with Crippen molar-refractivity contribution in [2.45, 2.75) is 32.2 Å². The Morgan fingerprint density at radius 3 is 3.06 bits per heavy atom. The lowest BCUT2D eigenvalue weighted by Crippen LogP contribution is -2.26. The monoisotopic (exact) mass is 237 g/mol. The molecule has 0 amide bonds. The predicted octanol–water partition coefficient (Wildman–Crippen LogP) is 0.957. The summed E-state index contributed by atoms with van der Waals surface area (Å²) in [5.41, 5.74) is -0.106. The first kappa shape index (κ1) is 12.1. The van der Waals surface area contributed by atoms with E-state index in [2.05, 4.69) is 17.2 Å². The van der Waals surface area contributed by atoms with Crippen molar-refractivity contribution in [2.24, 2.45) is 0 Å². The highest BCUT2D eigenvalue weighted by molar-refractivity contribution is 5.06. The average Bonchev–Trinajstić information content (AvgIpc) is 3.15. The lowest BCUT2D eigenvalue weighted by molar-refractivity contribution is 0.295. The molecule has 0 unspecified atom stereocenters. The van der Waals surface area contributed by atoms with Crippen LogP contribution in [0.15, 0.2) is 17.2 Å². The van der Waals surface area contributed by atoms with Gasteiger partial charge in [-0.15, -0.1) is 0 Å². The molecule has 5 nitrogen and oxygen atoms in total. The maximum atomic E-state index is 11.9. The Bertz CT molecular complexity index is 412. The molecule has 1 fully saturated rings. The van der Waals surface area contributed by atoms with Crippen LogP contribution in [0.2, 0.25) is 0 Å². The summed E-state index contributed by atoms with van der Waals surface area (Å²) in [6.07, 6.45) is 6.64. The number of ether oxygens (including phenoxy) is 1. The van der Waals surface area contributed by atoms with Gasteiger partial charge in [-0.05, 0) is 25.8 Å². The topological polar surface area (TPSA) is 56.1 Å². The number of rotatable bonds is 7. The van der Waals surface area contributed by atoms with Crippen LogP contribution >= 0.6 is 0 Å². The van der Waals surface area contributed by atoms with Gasteiger partial charge in [0.1, 0.15) is 6.61 Å². The molecule has 5 heteroatoms. The molecule has 94 valence electrons. The van der Waals surface area contributed by atoms with Crippen LogP contribution < -0.4 is 15.6 Å². The molecule has 0 atom stereocenters. The van der Waals surface area contributed by atoms with E-state index in [1.54, 1.807) is 17.0 Å². The smallest absolute Gasteiger partial charge is 0.313 e. The third-order valence-electron chi connectivity index (χ3n) is 2.72. The highest BCUT2D eigenvalue weighted by atomic mass is 16.5. The minimum atomic E-state index is -0.106. The van der Waals surface area contributed by atoms with Gasteiger partial charge in [-0.2, -0.15) is 0 Å². The Balaban J connectivity index is 1.87. The molecule has 0 aromatic carbocycles. The quantitative estimate of drug-likeness (QED) is 0.718. The largest absolute Gasteiger partial charge is 0.472 e. The molecule has 17 heavy (non-hydrogen) atoms. The molecule has 1 saturated carbocycles. The van der Waals surface area contributed by atoms with Crippen LogP contribution in [0.4, 0.5) is 0 Å². The predicted molar refractivity (Wildman–Crippen MR) is 65.4 cm³/mol. The van der Waals surface area contributed by atoms with E-state index >= 15 is 0 Å². The van der Waals surface area contributed by atoms with Gasteiger partial charge in [0.05, 0.1) is 0 Å². The van der Waals surface area contributed by atoms with Crippen LogP contribution in [0, 0.1) is 0 Å². The molecule has 1 aliphatic carbocycles. The van der Waals surface area contributed by atoms with Crippen LogP contribution in [0.3, 0.4) is 0 Å². The second-order valence-corrected chi connectivity index (χ2v) is 4.27. The number of hydrogen-bond acceptors (Lipinski definition) is 4. The Morgan fingerprint density at radius 2 is 2.35 bits per heavy atom. The molecule has 2 rings (SSSR count). The van der Waals surface area contributed by atoms with E-state index < -0.39 is 0 Å². The summed E-state index contributed by atoms with van der Waals surface area (Å²) in [5, 5.41) is 3.21.